The van der Waals surface area contributed by atoms with Crippen LogP contribution in [0.15, 0.2) is 140 Å². The third-order valence-electron chi connectivity index (χ3n) is 8.02. The average molecular weight is 612 g/mol. The van der Waals surface area contributed by atoms with E-state index in [0.717, 1.165) is 66.9 Å². The highest BCUT2D eigenvalue weighted by Crippen LogP contribution is 2.37. The summed E-state index contributed by atoms with van der Waals surface area (Å²) in [6.45, 7) is 4.06. The van der Waals surface area contributed by atoms with Gasteiger partial charge >= 0.3 is 0 Å². The summed E-state index contributed by atoms with van der Waals surface area (Å²) >= 11 is 0. The van der Waals surface area contributed by atoms with Crippen molar-refractivity contribution in [2.45, 2.75) is 13.8 Å². The van der Waals surface area contributed by atoms with Crippen molar-refractivity contribution in [3.63, 3.8) is 0 Å². The van der Waals surface area contributed by atoms with Gasteiger partial charge in [0.1, 0.15) is 23.0 Å². The van der Waals surface area contributed by atoms with Crippen LogP contribution >= 0.6 is 0 Å². The minimum absolute atomic E-state index is 0.557. The molecule has 226 valence electrons. The lowest BCUT2D eigenvalue weighted by molar-refractivity contribution is 0.483. The highest BCUT2D eigenvalue weighted by atomic mass is 16.5. The lowest BCUT2D eigenvalue weighted by Crippen LogP contribution is -2.00. The predicted molar refractivity (Wildman–Crippen MR) is 185 cm³/mol. The number of aromatic nitrogens is 5. The van der Waals surface area contributed by atoms with Crippen LogP contribution < -0.4 is 9.47 Å². The molecule has 47 heavy (non-hydrogen) atoms. The number of fused-ring (bicyclic) bond motifs is 3. The van der Waals surface area contributed by atoms with E-state index in [1.165, 1.54) is 0 Å². The van der Waals surface area contributed by atoms with Gasteiger partial charge in [0.25, 0.3) is 0 Å². The zero-order valence-electron chi connectivity index (χ0n) is 25.8. The molecule has 4 aromatic carbocycles. The van der Waals surface area contributed by atoms with Crippen LogP contribution in [0.4, 0.5) is 0 Å². The van der Waals surface area contributed by atoms with Gasteiger partial charge in [0, 0.05) is 58.8 Å². The van der Waals surface area contributed by atoms with E-state index in [4.69, 9.17) is 9.47 Å². The topological polar surface area (TPSA) is 75.0 Å². The number of nitrogens with zero attached hydrogens (tertiary/aromatic N) is 5. The Labute approximate surface area is 271 Å². The molecule has 0 aliphatic heterocycles. The smallest absolute Gasteiger partial charge is 0.234 e. The zero-order chi connectivity index (χ0) is 31.7. The number of benzene rings is 4. The Kier molecular flexibility index (Phi) is 7.11. The molecule has 7 heteroatoms. The van der Waals surface area contributed by atoms with E-state index in [0.29, 0.717) is 17.4 Å². The highest BCUT2D eigenvalue weighted by Gasteiger charge is 2.17. The first-order chi connectivity index (χ1) is 23.1. The number of rotatable bonds is 7. The van der Waals surface area contributed by atoms with Gasteiger partial charge in [-0.3, -0.25) is 14.5 Å². The second-order valence-corrected chi connectivity index (χ2v) is 11.4. The third kappa shape index (κ3) is 5.66. The molecule has 0 radical (unpaired) electrons. The Bertz CT molecular complexity index is 2220. The van der Waals surface area contributed by atoms with Crippen molar-refractivity contribution in [3.8, 4) is 51.5 Å². The van der Waals surface area contributed by atoms with Gasteiger partial charge in [-0.05, 0) is 91.7 Å². The summed E-state index contributed by atoms with van der Waals surface area (Å²) in [5.74, 6) is 3.40. The van der Waals surface area contributed by atoms with Crippen LogP contribution in [0.5, 0.6) is 23.0 Å². The first-order valence-electron chi connectivity index (χ1n) is 15.3. The summed E-state index contributed by atoms with van der Waals surface area (Å²) in [5, 5.41) is 2.10. The Balaban J connectivity index is 1.17. The number of hydrogen-bond acceptors (Lipinski definition) is 6. The van der Waals surface area contributed by atoms with Crippen molar-refractivity contribution < 1.29 is 9.47 Å². The molecule has 8 rings (SSSR count). The largest absolute Gasteiger partial charge is 0.457 e. The van der Waals surface area contributed by atoms with Gasteiger partial charge in [-0.1, -0.05) is 36.4 Å². The van der Waals surface area contributed by atoms with Gasteiger partial charge in [0.05, 0.1) is 22.4 Å². The molecular weight excluding hydrogens is 582 g/mol. The maximum absolute atomic E-state index is 6.40. The summed E-state index contributed by atoms with van der Waals surface area (Å²) in [6, 6.07) is 38.1. The third-order valence-corrected chi connectivity index (χ3v) is 8.02. The molecule has 0 bridgehead atoms. The summed E-state index contributed by atoms with van der Waals surface area (Å²) in [5.41, 5.74) is 7.86. The quantitative estimate of drug-likeness (QED) is 0.179. The van der Waals surface area contributed by atoms with Crippen LogP contribution in [0.3, 0.4) is 0 Å². The minimum atomic E-state index is 0.557. The van der Waals surface area contributed by atoms with Crippen molar-refractivity contribution in [3.05, 3.63) is 151 Å². The number of aryl methyl sites for hydroxylation is 2. The van der Waals surface area contributed by atoms with E-state index < -0.39 is 0 Å². The van der Waals surface area contributed by atoms with Gasteiger partial charge in [0.15, 0.2) is 0 Å². The predicted octanol–water partition coefficient (Wildman–Crippen LogP) is 9.90. The van der Waals surface area contributed by atoms with E-state index in [-0.39, 0.29) is 0 Å². The molecule has 7 nitrogen and oxygen atoms in total. The summed E-state index contributed by atoms with van der Waals surface area (Å²) in [7, 11) is 0. The van der Waals surface area contributed by atoms with Gasteiger partial charge in [-0.2, -0.15) is 0 Å². The standard InChI is InChI=1S/C40H29N5O2/c1-26-10-16-36(43-24-26)28-6-3-8-30(20-28)46-32-12-14-34-35-15-13-33(23-39(35)45(38(34)22-32)40-41-18-5-19-42-40)47-31-9-4-7-29(21-31)37-17-11-27(2)25-44-37/h3-25H,1-2H3. The molecule has 0 amide bonds. The van der Waals surface area contributed by atoms with Crippen molar-refractivity contribution in [2.24, 2.45) is 0 Å². The van der Waals surface area contributed by atoms with Crippen LogP contribution in [0.25, 0.3) is 50.3 Å². The first kappa shape index (κ1) is 28.2. The van der Waals surface area contributed by atoms with Crippen molar-refractivity contribution >= 4 is 21.8 Å². The minimum Gasteiger partial charge on any atom is -0.457 e. The molecule has 0 saturated heterocycles. The molecule has 8 aromatic rings. The second-order valence-electron chi connectivity index (χ2n) is 11.4. The number of hydrogen-bond donors (Lipinski definition) is 0. The van der Waals surface area contributed by atoms with E-state index in [1.54, 1.807) is 12.4 Å². The molecule has 0 saturated carbocycles. The average Bonchev–Trinajstić information content (AvgIpc) is 3.42. The molecular formula is C40H29N5O2. The van der Waals surface area contributed by atoms with Crippen molar-refractivity contribution in [1.82, 2.24) is 24.5 Å². The Morgan fingerprint density at radius 1 is 0.468 bits per heavy atom. The van der Waals surface area contributed by atoms with Crippen LogP contribution in [0.2, 0.25) is 0 Å². The maximum atomic E-state index is 6.40. The Hall–Kier alpha value is -6.34. The molecule has 0 aliphatic carbocycles. The van der Waals surface area contributed by atoms with Crippen LogP contribution in [0.1, 0.15) is 11.1 Å². The molecule has 0 atom stereocenters. The monoisotopic (exact) mass is 611 g/mol. The Morgan fingerprint density at radius 2 is 0.957 bits per heavy atom. The number of ether oxygens (including phenoxy) is 2. The molecule has 0 aliphatic rings. The zero-order valence-corrected chi connectivity index (χ0v) is 25.8. The van der Waals surface area contributed by atoms with Gasteiger partial charge in [-0.25, -0.2) is 9.97 Å². The Morgan fingerprint density at radius 3 is 1.43 bits per heavy atom. The fourth-order valence-electron chi connectivity index (χ4n) is 5.71. The molecule has 4 heterocycles. The maximum Gasteiger partial charge on any atom is 0.234 e. The normalized spacial score (nSPS) is 11.2. The first-order valence-corrected chi connectivity index (χ1v) is 15.3. The SMILES string of the molecule is Cc1ccc(-c2cccc(Oc3ccc4c5ccc(Oc6cccc(-c7ccc(C)cn7)c6)cc5n(-c5ncccn5)c4c3)c2)nc1. The van der Waals surface area contributed by atoms with E-state index in [1.807, 2.05) is 122 Å². The van der Waals surface area contributed by atoms with Crippen LogP contribution in [0, 0.1) is 13.8 Å². The van der Waals surface area contributed by atoms with E-state index >= 15 is 0 Å². The van der Waals surface area contributed by atoms with E-state index in [2.05, 4.69) is 44.2 Å². The van der Waals surface area contributed by atoms with Gasteiger partial charge in [-0.15, -0.1) is 0 Å². The molecule has 0 N–H and O–H groups in total. The number of pyridine rings is 2. The van der Waals surface area contributed by atoms with Crippen LogP contribution in [-0.4, -0.2) is 24.5 Å². The molecule has 4 aromatic heterocycles. The lowest BCUT2D eigenvalue weighted by atomic mass is 10.1. The fourth-order valence-corrected chi connectivity index (χ4v) is 5.71. The van der Waals surface area contributed by atoms with Crippen molar-refractivity contribution in [2.75, 3.05) is 0 Å². The summed E-state index contributed by atoms with van der Waals surface area (Å²) in [4.78, 5) is 18.4. The summed E-state index contributed by atoms with van der Waals surface area (Å²) in [6.07, 6.45) is 7.24. The van der Waals surface area contributed by atoms with Crippen molar-refractivity contribution in [1.29, 1.82) is 0 Å². The lowest BCUT2D eigenvalue weighted by Gasteiger charge is -2.10. The second kappa shape index (κ2) is 11.9. The summed E-state index contributed by atoms with van der Waals surface area (Å²) < 4.78 is 14.9. The van der Waals surface area contributed by atoms with Crippen LogP contribution in [-0.2, 0) is 0 Å². The highest BCUT2D eigenvalue weighted by molar-refractivity contribution is 6.09. The van der Waals surface area contributed by atoms with Gasteiger partial charge < -0.3 is 9.47 Å². The fraction of sp³-hybridized carbons (Fsp3) is 0.0500. The molecule has 0 unspecified atom stereocenters. The van der Waals surface area contributed by atoms with E-state index in [9.17, 15) is 0 Å². The molecule has 0 spiro atoms. The van der Waals surface area contributed by atoms with Gasteiger partial charge in [0.2, 0.25) is 5.95 Å². The molecule has 0 fully saturated rings.